The van der Waals surface area contributed by atoms with E-state index in [2.05, 4.69) is 26.0 Å². The van der Waals surface area contributed by atoms with Gasteiger partial charge < -0.3 is 0 Å². The smallest absolute Gasteiger partial charge is 0.139 e. The van der Waals surface area contributed by atoms with E-state index in [-0.39, 0.29) is 5.41 Å². The summed E-state index contributed by atoms with van der Waals surface area (Å²) in [6.45, 7) is 4.75. The summed E-state index contributed by atoms with van der Waals surface area (Å²) in [6.07, 6.45) is 14.6. The Morgan fingerprint density at radius 2 is 1.75 bits per heavy atom. The van der Waals surface area contributed by atoms with E-state index in [0.29, 0.717) is 17.1 Å². The minimum atomic E-state index is -0.0291. The number of carbonyl (C=O) groups excluding carboxylic acids is 1. The van der Waals surface area contributed by atoms with Gasteiger partial charge in [-0.25, -0.2) is 0 Å². The van der Waals surface area contributed by atoms with Crippen molar-refractivity contribution in [2.45, 2.75) is 65.2 Å². The molecule has 0 radical (unpaired) electrons. The molecule has 0 aromatic heterocycles. The summed E-state index contributed by atoms with van der Waals surface area (Å²) in [5, 5.41) is 0. The number of fused-ring (bicyclic) bond motifs is 5. The van der Waals surface area contributed by atoms with Crippen LogP contribution in [0.4, 0.5) is 0 Å². The average Bonchev–Trinajstić information content (AvgIpc) is 2.74. The summed E-state index contributed by atoms with van der Waals surface area (Å²) < 4.78 is 0. The largest absolute Gasteiger partial charge is 0.299 e. The lowest BCUT2D eigenvalue weighted by Crippen LogP contribution is -2.44. The Labute approximate surface area is 122 Å². The van der Waals surface area contributed by atoms with Crippen LogP contribution in [0.5, 0.6) is 0 Å². The van der Waals surface area contributed by atoms with E-state index < -0.39 is 0 Å². The van der Waals surface area contributed by atoms with E-state index in [4.69, 9.17) is 0 Å². The Morgan fingerprint density at radius 1 is 0.950 bits per heavy atom. The van der Waals surface area contributed by atoms with Crippen LogP contribution in [0.25, 0.3) is 0 Å². The normalized spacial score (nSPS) is 47.0. The molecule has 4 aliphatic carbocycles. The first kappa shape index (κ1) is 12.9. The Kier molecular flexibility index (Phi) is 2.63. The van der Waals surface area contributed by atoms with Crippen molar-refractivity contribution in [2.24, 2.45) is 22.7 Å². The molecule has 20 heavy (non-hydrogen) atoms. The molecule has 1 nitrogen and oxygen atoms in total. The molecule has 0 heterocycles. The van der Waals surface area contributed by atoms with Crippen LogP contribution in [-0.2, 0) is 4.79 Å². The lowest BCUT2D eigenvalue weighted by molar-refractivity contribution is -0.127. The number of hydrogen-bond acceptors (Lipinski definition) is 1. The van der Waals surface area contributed by atoms with Crippen LogP contribution in [0, 0.1) is 22.7 Å². The van der Waals surface area contributed by atoms with E-state index in [1.54, 1.807) is 11.1 Å². The third kappa shape index (κ3) is 1.47. The van der Waals surface area contributed by atoms with Gasteiger partial charge in [-0.1, -0.05) is 43.6 Å². The number of ketones is 1. The molecule has 0 saturated heterocycles. The highest BCUT2D eigenvalue weighted by Gasteiger charge is 2.55. The van der Waals surface area contributed by atoms with Crippen molar-refractivity contribution in [3.8, 4) is 0 Å². The molecule has 0 unspecified atom stereocenters. The molecule has 4 aliphatic rings. The van der Waals surface area contributed by atoms with Crippen molar-refractivity contribution in [3.05, 3.63) is 23.3 Å². The molecule has 0 bridgehead atoms. The van der Waals surface area contributed by atoms with E-state index in [9.17, 15) is 4.79 Å². The number of hydrogen-bond donors (Lipinski definition) is 0. The zero-order valence-corrected chi connectivity index (χ0v) is 12.9. The third-order valence-electron chi connectivity index (χ3n) is 7.20. The van der Waals surface area contributed by atoms with Crippen LogP contribution in [-0.4, -0.2) is 5.78 Å². The SMILES string of the molecule is C[C@]12CCCCC1=CC=C1[C@@H]2CC[C@]2(C)C(=O)CC[C@@H]12. The van der Waals surface area contributed by atoms with E-state index in [0.717, 1.165) is 25.2 Å². The van der Waals surface area contributed by atoms with Gasteiger partial charge >= 0.3 is 0 Å². The van der Waals surface area contributed by atoms with Gasteiger partial charge in [0.25, 0.3) is 0 Å². The topological polar surface area (TPSA) is 17.1 Å². The summed E-state index contributed by atoms with van der Waals surface area (Å²) in [4.78, 5) is 12.3. The molecule has 3 saturated carbocycles. The maximum absolute atomic E-state index is 12.3. The Morgan fingerprint density at radius 3 is 2.60 bits per heavy atom. The molecule has 0 aliphatic heterocycles. The maximum atomic E-state index is 12.3. The average molecular weight is 270 g/mol. The molecule has 3 fully saturated rings. The molecule has 0 spiro atoms. The van der Waals surface area contributed by atoms with Gasteiger partial charge in [0.1, 0.15) is 5.78 Å². The van der Waals surface area contributed by atoms with Gasteiger partial charge in [-0.15, -0.1) is 0 Å². The summed E-state index contributed by atoms with van der Waals surface area (Å²) in [5.41, 5.74) is 3.72. The second kappa shape index (κ2) is 4.08. The van der Waals surface area contributed by atoms with Gasteiger partial charge in [-0.2, -0.15) is 0 Å². The Hall–Kier alpha value is -0.850. The van der Waals surface area contributed by atoms with Gasteiger partial charge in [-0.05, 0) is 55.8 Å². The monoisotopic (exact) mass is 270 g/mol. The standard InChI is InChI=1S/C19H26O/c1-18-11-4-3-5-13(18)6-7-14-15-8-9-17(20)19(15,2)12-10-16(14)18/h6-7,15-16H,3-5,8-12H2,1-2H3/t15-,16-,18-,19-/m0/s1. The molecule has 0 aromatic rings. The fourth-order valence-corrected chi connectivity index (χ4v) is 5.82. The van der Waals surface area contributed by atoms with Crippen LogP contribution >= 0.6 is 0 Å². The second-order valence-corrected chi connectivity index (χ2v) is 8.01. The fourth-order valence-electron chi connectivity index (χ4n) is 5.82. The van der Waals surface area contributed by atoms with Gasteiger partial charge in [0, 0.05) is 11.8 Å². The Balaban J connectivity index is 1.77. The molecular weight excluding hydrogens is 244 g/mol. The highest BCUT2D eigenvalue weighted by Crippen LogP contribution is 2.62. The molecule has 0 aromatic carbocycles. The van der Waals surface area contributed by atoms with E-state index >= 15 is 0 Å². The quantitative estimate of drug-likeness (QED) is 0.616. The maximum Gasteiger partial charge on any atom is 0.139 e. The summed E-state index contributed by atoms with van der Waals surface area (Å²) >= 11 is 0. The van der Waals surface area contributed by atoms with Gasteiger partial charge in [0.2, 0.25) is 0 Å². The van der Waals surface area contributed by atoms with Crippen LogP contribution in [0.1, 0.15) is 65.2 Å². The van der Waals surface area contributed by atoms with Crippen LogP contribution in [0.2, 0.25) is 0 Å². The molecule has 4 rings (SSSR count). The number of carbonyl (C=O) groups is 1. The van der Waals surface area contributed by atoms with Crippen molar-refractivity contribution in [3.63, 3.8) is 0 Å². The minimum Gasteiger partial charge on any atom is -0.299 e. The highest BCUT2D eigenvalue weighted by molar-refractivity contribution is 5.88. The first-order chi connectivity index (χ1) is 9.56. The van der Waals surface area contributed by atoms with Crippen LogP contribution in [0.15, 0.2) is 23.3 Å². The summed E-state index contributed by atoms with van der Waals surface area (Å²) in [6, 6.07) is 0. The van der Waals surface area contributed by atoms with E-state index in [1.165, 1.54) is 32.1 Å². The lowest BCUT2D eigenvalue weighted by Gasteiger charge is -2.52. The number of rotatable bonds is 0. The first-order valence-corrected chi connectivity index (χ1v) is 8.50. The van der Waals surface area contributed by atoms with Crippen molar-refractivity contribution in [1.82, 2.24) is 0 Å². The van der Waals surface area contributed by atoms with Crippen LogP contribution in [0.3, 0.4) is 0 Å². The predicted octanol–water partition coefficient (Wildman–Crippen LogP) is 4.83. The van der Waals surface area contributed by atoms with Crippen molar-refractivity contribution in [2.75, 3.05) is 0 Å². The molecule has 0 amide bonds. The summed E-state index contributed by atoms with van der Waals surface area (Å²) in [7, 11) is 0. The van der Waals surface area contributed by atoms with E-state index in [1.807, 2.05) is 0 Å². The Bertz CT molecular complexity index is 526. The number of allylic oxidation sites excluding steroid dienone is 4. The van der Waals surface area contributed by atoms with Crippen molar-refractivity contribution < 1.29 is 4.79 Å². The first-order valence-electron chi connectivity index (χ1n) is 8.50. The van der Waals surface area contributed by atoms with Gasteiger partial charge in [0.05, 0.1) is 0 Å². The van der Waals surface area contributed by atoms with Crippen LogP contribution < -0.4 is 0 Å². The van der Waals surface area contributed by atoms with Crippen molar-refractivity contribution >= 4 is 5.78 Å². The van der Waals surface area contributed by atoms with Crippen molar-refractivity contribution in [1.29, 1.82) is 0 Å². The lowest BCUT2D eigenvalue weighted by atomic mass is 9.51. The van der Waals surface area contributed by atoms with Gasteiger partial charge in [0.15, 0.2) is 0 Å². The minimum absolute atomic E-state index is 0.0291. The molecule has 4 atom stereocenters. The summed E-state index contributed by atoms with van der Waals surface area (Å²) in [5.74, 6) is 1.81. The zero-order valence-electron chi connectivity index (χ0n) is 12.9. The molecule has 0 N–H and O–H groups in total. The molecular formula is C19H26O. The second-order valence-electron chi connectivity index (χ2n) is 8.01. The fraction of sp³-hybridized carbons (Fsp3) is 0.737. The predicted molar refractivity (Wildman–Crippen MR) is 81.3 cm³/mol. The molecule has 108 valence electrons. The molecule has 1 heteroatoms. The van der Waals surface area contributed by atoms with Gasteiger partial charge in [-0.3, -0.25) is 4.79 Å². The zero-order chi connectivity index (χ0) is 14.0. The number of Topliss-reactive ketones (excluding diaryl/α,β-unsaturated/α-hetero) is 1. The highest BCUT2D eigenvalue weighted by atomic mass is 16.1. The third-order valence-corrected chi connectivity index (χ3v) is 7.20.